The van der Waals surface area contributed by atoms with Crippen LogP contribution in [-0.4, -0.2) is 41.7 Å². The highest BCUT2D eigenvalue weighted by Gasteiger charge is 2.26. The summed E-state index contributed by atoms with van der Waals surface area (Å²) >= 11 is 0. The zero-order chi connectivity index (χ0) is 20.9. The van der Waals surface area contributed by atoms with Crippen LogP contribution in [-0.2, 0) is 4.79 Å². The van der Waals surface area contributed by atoms with Crippen LogP contribution in [0.3, 0.4) is 0 Å². The van der Waals surface area contributed by atoms with Gasteiger partial charge in [0.15, 0.2) is 6.61 Å². The number of anilines is 1. The Labute approximate surface area is 175 Å². The number of nitrogens with one attached hydrogen (secondary N) is 1. The highest BCUT2D eigenvalue weighted by molar-refractivity contribution is 5.98. The third-order valence-electron chi connectivity index (χ3n) is 5.35. The largest absolute Gasteiger partial charge is 0.482 e. The average Bonchev–Trinajstić information content (AvgIpc) is 3.27. The summed E-state index contributed by atoms with van der Waals surface area (Å²) in [5.74, 6) is 0.403. The highest BCUT2D eigenvalue weighted by atomic mass is 16.5. The fourth-order valence-corrected chi connectivity index (χ4v) is 3.79. The predicted molar refractivity (Wildman–Crippen MR) is 111 cm³/mol. The molecule has 1 aliphatic heterocycles. The zero-order valence-electron chi connectivity index (χ0n) is 17.1. The van der Waals surface area contributed by atoms with Gasteiger partial charge in [-0.2, -0.15) is 4.98 Å². The summed E-state index contributed by atoms with van der Waals surface area (Å²) in [7, 11) is 0. The van der Waals surface area contributed by atoms with Gasteiger partial charge in [0.05, 0.1) is 5.69 Å². The summed E-state index contributed by atoms with van der Waals surface area (Å²) in [6, 6.07) is 5.38. The van der Waals surface area contributed by atoms with Crippen molar-refractivity contribution in [2.24, 2.45) is 0 Å². The second-order valence-electron chi connectivity index (χ2n) is 7.55. The monoisotopic (exact) mass is 410 g/mol. The lowest BCUT2D eigenvalue weighted by atomic mass is 9.97. The minimum absolute atomic E-state index is 0.00673. The van der Waals surface area contributed by atoms with Gasteiger partial charge in [0, 0.05) is 18.7 Å². The van der Waals surface area contributed by atoms with E-state index in [1.807, 2.05) is 13.0 Å². The molecule has 0 fully saturated rings. The molecule has 8 heteroatoms. The first-order valence-corrected chi connectivity index (χ1v) is 10.5. The van der Waals surface area contributed by atoms with E-state index in [-0.39, 0.29) is 24.3 Å². The van der Waals surface area contributed by atoms with E-state index in [9.17, 15) is 9.59 Å². The summed E-state index contributed by atoms with van der Waals surface area (Å²) < 4.78 is 10.7. The van der Waals surface area contributed by atoms with Gasteiger partial charge in [-0.15, -0.1) is 0 Å². The summed E-state index contributed by atoms with van der Waals surface area (Å²) in [5, 5.41) is 6.77. The number of hydrogen-bond acceptors (Lipinski definition) is 6. The fourth-order valence-electron chi connectivity index (χ4n) is 3.79. The number of carbonyl (C=O) groups is 2. The van der Waals surface area contributed by atoms with Gasteiger partial charge >= 0.3 is 11.8 Å². The average molecular weight is 410 g/mol. The Kier molecular flexibility index (Phi) is 6.11. The Hall–Kier alpha value is -3.16. The van der Waals surface area contributed by atoms with Crippen LogP contribution in [0.5, 0.6) is 5.75 Å². The van der Waals surface area contributed by atoms with Crippen molar-refractivity contribution in [3.63, 3.8) is 0 Å². The summed E-state index contributed by atoms with van der Waals surface area (Å²) in [5.41, 5.74) is 2.79. The molecule has 0 spiro atoms. The number of carbonyl (C=O) groups excluding carboxylic acids is 2. The van der Waals surface area contributed by atoms with Crippen LogP contribution in [0.25, 0.3) is 11.4 Å². The number of allylic oxidation sites excluding steroid dienone is 1. The number of amides is 2. The van der Waals surface area contributed by atoms with Gasteiger partial charge in [-0.1, -0.05) is 23.7 Å². The smallest absolute Gasteiger partial charge is 0.316 e. The van der Waals surface area contributed by atoms with Crippen LogP contribution in [0.15, 0.2) is 34.4 Å². The Morgan fingerprint density at radius 2 is 2.20 bits per heavy atom. The molecule has 1 aromatic carbocycles. The molecule has 0 saturated carbocycles. The molecule has 1 aromatic heterocycles. The lowest BCUT2D eigenvalue weighted by Gasteiger charge is -2.29. The molecule has 1 N–H and O–H groups in total. The minimum atomic E-state index is -0.376. The van der Waals surface area contributed by atoms with Crippen molar-refractivity contribution >= 4 is 17.5 Å². The number of rotatable bonds is 7. The van der Waals surface area contributed by atoms with Crippen LogP contribution in [0.2, 0.25) is 0 Å². The van der Waals surface area contributed by atoms with Crippen molar-refractivity contribution in [3.05, 3.63) is 35.7 Å². The first kappa shape index (κ1) is 20.1. The van der Waals surface area contributed by atoms with E-state index in [4.69, 9.17) is 9.26 Å². The molecular weight excluding hydrogens is 384 g/mol. The molecule has 0 bridgehead atoms. The van der Waals surface area contributed by atoms with E-state index in [0.717, 1.165) is 31.4 Å². The topological polar surface area (TPSA) is 97.6 Å². The SMILES string of the molecule is CCCN1C(=O)COc2cc(-c3noc(C(=O)NCCC4=CCCCC4)n3)ccc21. The van der Waals surface area contributed by atoms with Crippen molar-refractivity contribution in [1.29, 1.82) is 0 Å². The van der Waals surface area contributed by atoms with Gasteiger partial charge < -0.3 is 19.5 Å². The molecule has 0 radical (unpaired) electrons. The van der Waals surface area contributed by atoms with Gasteiger partial charge in [-0.25, -0.2) is 0 Å². The van der Waals surface area contributed by atoms with Crippen LogP contribution < -0.4 is 15.0 Å². The van der Waals surface area contributed by atoms with E-state index in [1.54, 1.807) is 17.0 Å². The lowest BCUT2D eigenvalue weighted by Crippen LogP contribution is -2.39. The molecule has 158 valence electrons. The van der Waals surface area contributed by atoms with E-state index >= 15 is 0 Å². The Bertz CT molecular complexity index is 966. The molecule has 8 nitrogen and oxygen atoms in total. The van der Waals surface area contributed by atoms with Gasteiger partial charge in [-0.3, -0.25) is 9.59 Å². The normalized spacial score (nSPS) is 16.0. The summed E-state index contributed by atoms with van der Waals surface area (Å²) in [4.78, 5) is 30.3. The molecule has 1 aliphatic carbocycles. The van der Waals surface area contributed by atoms with Crippen LogP contribution in [0.4, 0.5) is 5.69 Å². The third-order valence-corrected chi connectivity index (χ3v) is 5.35. The first-order valence-electron chi connectivity index (χ1n) is 10.5. The van der Waals surface area contributed by atoms with E-state index in [0.29, 0.717) is 30.2 Å². The standard InChI is InChI=1S/C22H26N4O4/c1-2-12-26-17-9-8-16(13-18(17)29-14-19(26)27)20-24-22(30-25-20)21(28)23-11-10-15-6-4-3-5-7-15/h6,8-9,13H,2-5,7,10-12,14H2,1H3,(H,23,28). The number of fused-ring (bicyclic) bond motifs is 1. The maximum atomic E-state index is 12.3. The number of hydrogen-bond donors (Lipinski definition) is 1. The second-order valence-corrected chi connectivity index (χ2v) is 7.55. The van der Waals surface area contributed by atoms with E-state index in [2.05, 4.69) is 21.5 Å². The molecule has 0 atom stereocenters. The Morgan fingerprint density at radius 3 is 3.00 bits per heavy atom. The predicted octanol–water partition coefficient (Wildman–Crippen LogP) is 3.49. The van der Waals surface area contributed by atoms with Crippen molar-refractivity contribution < 1.29 is 18.8 Å². The van der Waals surface area contributed by atoms with Crippen molar-refractivity contribution in [2.45, 2.75) is 45.4 Å². The molecule has 2 aromatic rings. The first-order chi connectivity index (χ1) is 14.7. The van der Waals surface area contributed by atoms with Gasteiger partial charge in [0.2, 0.25) is 5.82 Å². The van der Waals surface area contributed by atoms with Gasteiger partial charge in [0.1, 0.15) is 5.75 Å². The molecule has 2 heterocycles. The summed E-state index contributed by atoms with van der Waals surface area (Å²) in [6.07, 6.45) is 8.69. The molecule has 30 heavy (non-hydrogen) atoms. The van der Waals surface area contributed by atoms with E-state index < -0.39 is 0 Å². The number of ether oxygens (including phenoxy) is 1. The van der Waals surface area contributed by atoms with Crippen LogP contribution >= 0.6 is 0 Å². The maximum Gasteiger partial charge on any atom is 0.316 e. The number of nitrogens with zero attached hydrogens (tertiary/aromatic N) is 3. The van der Waals surface area contributed by atoms with Crippen LogP contribution in [0, 0.1) is 0 Å². The third kappa shape index (κ3) is 4.37. The molecular formula is C22H26N4O4. The van der Waals surface area contributed by atoms with Gasteiger partial charge in [-0.05, 0) is 56.7 Å². The zero-order valence-corrected chi connectivity index (χ0v) is 17.1. The molecule has 2 aliphatic rings. The van der Waals surface area contributed by atoms with Gasteiger partial charge in [0.25, 0.3) is 5.91 Å². The molecule has 0 unspecified atom stereocenters. The molecule has 0 saturated heterocycles. The second kappa shape index (κ2) is 9.11. The van der Waals surface area contributed by atoms with Crippen molar-refractivity contribution in [2.75, 3.05) is 24.6 Å². The number of benzene rings is 1. The Balaban J connectivity index is 1.41. The Morgan fingerprint density at radius 1 is 1.30 bits per heavy atom. The minimum Gasteiger partial charge on any atom is -0.482 e. The van der Waals surface area contributed by atoms with Crippen molar-refractivity contribution in [3.8, 4) is 17.1 Å². The lowest BCUT2D eigenvalue weighted by molar-refractivity contribution is -0.121. The molecule has 2 amide bonds. The molecule has 4 rings (SSSR count). The fraction of sp³-hybridized carbons (Fsp3) is 0.455. The summed E-state index contributed by atoms with van der Waals surface area (Å²) in [6.45, 7) is 3.22. The quantitative estimate of drug-likeness (QED) is 0.702. The maximum absolute atomic E-state index is 12.3. The van der Waals surface area contributed by atoms with E-state index in [1.165, 1.54) is 18.4 Å². The number of aromatic nitrogens is 2. The van der Waals surface area contributed by atoms with Crippen LogP contribution in [0.1, 0.15) is 56.1 Å². The van der Waals surface area contributed by atoms with Crippen molar-refractivity contribution in [1.82, 2.24) is 15.5 Å². The highest BCUT2D eigenvalue weighted by Crippen LogP contribution is 2.35.